The molecule has 0 saturated carbocycles. The van der Waals surface area contributed by atoms with Gasteiger partial charge in [0.15, 0.2) is 0 Å². The molecule has 0 aromatic heterocycles. The molecule has 0 amide bonds. The van der Waals surface area contributed by atoms with Crippen molar-refractivity contribution in [1.29, 1.82) is 0 Å². The lowest BCUT2D eigenvalue weighted by Crippen LogP contribution is -1.99. The van der Waals surface area contributed by atoms with Gasteiger partial charge in [0, 0.05) is 18.1 Å². The van der Waals surface area contributed by atoms with Crippen LogP contribution in [0.5, 0.6) is 0 Å². The lowest BCUT2D eigenvalue weighted by atomic mass is 10.6. The van der Waals surface area contributed by atoms with E-state index in [0.29, 0.717) is 0 Å². The summed E-state index contributed by atoms with van der Waals surface area (Å²) in [5.74, 6) is 0. The maximum atomic E-state index is 4.99. The summed E-state index contributed by atoms with van der Waals surface area (Å²) in [6.07, 6.45) is 3.05. The quantitative estimate of drug-likeness (QED) is 0.529. The number of hydrogen-bond acceptors (Lipinski definition) is 2. The van der Waals surface area contributed by atoms with Gasteiger partial charge in [-0.05, 0) is 6.92 Å². The van der Waals surface area contributed by atoms with E-state index in [1.807, 2.05) is 6.92 Å². The topological polar surface area (TPSA) is 38.0 Å². The molecule has 0 heterocycles. The first-order valence-electron chi connectivity index (χ1n) is 2.06. The SMILES string of the molecule is C=C(C)N/C=C\N. The first-order chi connectivity index (χ1) is 3.27. The fourth-order valence-electron chi connectivity index (χ4n) is 0.190. The lowest BCUT2D eigenvalue weighted by Gasteiger charge is -1.91. The van der Waals surface area contributed by atoms with Gasteiger partial charge in [-0.25, -0.2) is 0 Å². The predicted molar refractivity (Wildman–Crippen MR) is 31.3 cm³/mol. The molecule has 0 radical (unpaired) electrons. The van der Waals surface area contributed by atoms with Gasteiger partial charge in [0.2, 0.25) is 0 Å². The van der Waals surface area contributed by atoms with Crippen LogP contribution in [0.15, 0.2) is 24.7 Å². The molecule has 40 valence electrons. The molecule has 0 unspecified atom stereocenters. The van der Waals surface area contributed by atoms with Crippen molar-refractivity contribution < 1.29 is 0 Å². The van der Waals surface area contributed by atoms with Crippen molar-refractivity contribution in [3.63, 3.8) is 0 Å². The van der Waals surface area contributed by atoms with Crippen molar-refractivity contribution in [2.24, 2.45) is 5.73 Å². The molecule has 0 rings (SSSR count). The number of allylic oxidation sites excluding steroid dienone is 1. The molecule has 0 spiro atoms. The molecule has 0 bridgehead atoms. The average molecular weight is 98.1 g/mol. The molecular weight excluding hydrogens is 88.1 g/mol. The summed E-state index contributed by atoms with van der Waals surface area (Å²) in [5.41, 5.74) is 5.88. The fourth-order valence-corrected chi connectivity index (χ4v) is 0.190. The van der Waals surface area contributed by atoms with E-state index in [2.05, 4.69) is 11.9 Å². The van der Waals surface area contributed by atoms with Gasteiger partial charge in [0.05, 0.1) is 0 Å². The zero-order chi connectivity index (χ0) is 5.70. The molecule has 2 heteroatoms. The van der Waals surface area contributed by atoms with Crippen LogP contribution in [0.25, 0.3) is 0 Å². The second-order valence-corrected chi connectivity index (χ2v) is 1.28. The molecule has 2 nitrogen and oxygen atoms in total. The fraction of sp³-hybridized carbons (Fsp3) is 0.200. The third-order valence-corrected chi connectivity index (χ3v) is 0.426. The molecule has 0 aliphatic rings. The Kier molecular flexibility index (Phi) is 2.85. The highest BCUT2D eigenvalue weighted by molar-refractivity contribution is 4.91. The predicted octanol–water partition coefficient (Wildman–Crippen LogP) is 0.540. The standard InChI is InChI=1S/C5H10N2/c1-5(2)7-4-3-6/h3-4,7H,1,6H2,2H3/b4-3-. The van der Waals surface area contributed by atoms with Crippen molar-refractivity contribution in [3.8, 4) is 0 Å². The maximum Gasteiger partial charge on any atom is 0.0163 e. The van der Waals surface area contributed by atoms with Crippen molar-refractivity contribution in [2.75, 3.05) is 0 Å². The van der Waals surface area contributed by atoms with E-state index < -0.39 is 0 Å². The van der Waals surface area contributed by atoms with Crippen LogP contribution in [0.3, 0.4) is 0 Å². The minimum absolute atomic E-state index is 0.890. The molecule has 0 aliphatic heterocycles. The van der Waals surface area contributed by atoms with Crippen molar-refractivity contribution in [3.05, 3.63) is 24.7 Å². The van der Waals surface area contributed by atoms with E-state index in [-0.39, 0.29) is 0 Å². The second-order valence-electron chi connectivity index (χ2n) is 1.28. The Morgan fingerprint density at radius 2 is 2.43 bits per heavy atom. The van der Waals surface area contributed by atoms with Gasteiger partial charge in [-0.3, -0.25) is 0 Å². The van der Waals surface area contributed by atoms with Crippen molar-refractivity contribution >= 4 is 0 Å². The van der Waals surface area contributed by atoms with Gasteiger partial charge in [-0.1, -0.05) is 6.58 Å². The molecule has 0 saturated heterocycles. The first kappa shape index (κ1) is 6.08. The monoisotopic (exact) mass is 98.1 g/mol. The largest absolute Gasteiger partial charge is 0.403 e. The van der Waals surface area contributed by atoms with Gasteiger partial charge >= 0.3 is 0 Å². The zero-order valence-corrected chi connectivity index (χ0v) is 4.44. The van der Waals surface area contributed by atoms with Gasteiger partial charge in [0.25, 0.3) is 0 Å². The Labute approximate surface area is 43.7 Å². The van der Waals surface area contributed by atoms with Crippen LogP contribution >= 0.6 is 0 Å². The van der Waals surface area contributed by atoms with E-state index in [4.69, 9.17) is 5.73 Å². The van der Waals surface area contributed by atoms with E-state index in [0.717, 1.165) is 5.70 Å². The van der Waals surface area contributed by atoms with Crippen LogP contribution < -0.4 is 11.1 Å². The smallest absolute Gasteiger partial charge is 0.0163 e. The van der Waals surface area contributed by atoms with E-state index in [1.165, 1.54) is 6.20 Å². The second kappa shape index (κ2) is 3.28. The Morgan fingerprint density at radius 1 is 1.86 bits per heavy atom. The number of nitrogens with one attached hydrogen (secondary N) is 1. The molecule has 3 N–H and O–H groups in total. The highest BCUT2D eigenvalue weighted by atomic mass is 14.8. The summed E-state index contributed by atoms with van der Waals surface area (Å²) in [6, 6.07) is 0. The zero-order valence-electron chi connectivity index (χ0n) is 4.44. The van der Waals surface area contributed by atoms with Crippen LogP contribution in [-0.2, 0) is 0 Å². The third kappa shape index (κ3) is 5.08. The van der Waals surface area contributed by atoms with Crippen LogP contribution in [0, 0.1) is 0 Å². The van der Waals surface area contributed by atoms with Crippen LogP contribution in [0.1, 0.15) is 6.92 Å². The molecular formula is C5H10N2. The molecule has 0 aliphatic carbocycles. The molecule has 0 aromatic rings. The summed E-state index contributed by atoms with van der Waals surface area (Å²) in [5, 5.41) is 2.80. The Hall–Kier alpha value is -0.920. The Balaban J connectivity index is 3.14. The molecule has 7 heavy (non-hydrogen) atoms. The third-order valence-electron chi connectivity index (χ3n) is 0.426. The Morgan fingerprint density at radius 3 is 2.57 bits per heavy atom. The highest BCUT2D eigenvalue weighted by Crippen LogP contribution is 1.74. The summed E-state index contributed by atoms with van der Waals surface area (Å²) < 4.78 is 0. The molecule has 0 fully saturated rings. The summed E-state index contributed by atoms with van der Waals surface area (Å²) in [6.45, 7) is 5.44. The van der Waals surface area contributed by atoms with E-state index in [1.54, 1.807) is 6.20 Å². The molecule has 0 atom stereocenters. The Bertz CT molecular complexity index is 84.1. The van der Waals surface area contributed by atoms with Gasteiger partial charge in [-0.2, -0.15) is 0 Å². The minimum Gasteiger partial charge on any atom is -0.403 e. The summed E-state index contributed by atoms with van der Waals surface area (Å²) in [7, 11) is 0. The normalized spacial score (nSPS) is 9.29. The van der Waals surface area contributed by atoms with E-state index in [9.17, 15) is 0 Å². The summed E-state index contributed by atoms with van der Waals surface area (Å²) >= 11 is 0. The minimum atomic E-state index is 0.890. The van der Waals surface area contributed by atoms with Crippen LogP contribution in [0.2, 0.25) is 0 Å². The van der Waals surface area contributed by atoms with Crippen molar-refractivity contribution in [1.82, 2.24) is 5.32 Å². The maximum absolute atomic E-state index is 4.99. The van der Waals surface area contributed by atoms with Gasteiger partial charge in [-0.15, -0.1) is 0 Å². The van der Waals surface area contributed by atoms with Crippen LogP contribution in [0.4, 0.5) is 0 Å². The van der Waals surface area contributed by atoms with Crippen LogP contribution in [-0.4, -0.2) is 0 Å². The van der Waals surface area contributed by atoms with Gasteiger partial charge in [0.1, 0.15) is 0 Å². The number of rotatable bonds is 2. The van der Waals surface area contributed by atoms with Crippen molar-refractivity contribution in [2.45, 2.75) is 6.92 Å². The number of nitrogens with two attached hydrogens (primary N) is 1. The average Bonchev–Trinajstić information content (AvgIpc) is 1.61. The lowest BCUT2D eigenvalue weighted by molar-refractivity contribution is 1.06. The first-order valence-corrected chi connectivity index (χ1v) is 2.06. The molecule has 0 aromatic carbocycles. The van der Waals surface area contributed by atoms with Gasteiger partial charge < -0.3 is 11.1 Å². The summed E-state index contributed by atoms with van der Waals surface area (Å²) in [4.78, 5) is 0. The number of hydrogen-bond donors (Lipinski definition) is 2. The van der Waals surface area contributed by atoms with E-state index >= 15 is 0 Å². The highest BCUT2D eigenvalue weighted by Gasteiger charge is 1.68.